The molecule has 48 valence electrons. The minimum Gasteiger partial charge on any atom is -0.475 e. The highest BCUT2D eigenvalue weighted by Crippen LogP contribution is 1.92. The molecule has 5 nitrogen and oxygen atoms in total. The average molecular weight is 239 g/mol. The number of hydrogen-bond donors (Lipinski definition) is 1. The molecule has 9 heavy (non-hydrogen) atoms. The van der Waals surface area contributed by atoms with Crippen LogP contribution in [0.1, 0.15) is 10.6 Å². The van der Waals surface area contributed by atoms with Crippen LogP contribution in [0.15, 0.2) is 6.33 Å². The molecule has 6 heteroatoms. The van der Waals surface area contributed by atoms with Crippen molar-refractivity contribution in [3.63, 3.8) is 0 Å². The smallest absolute Gasteiger partial charge is 0.375 e. The number of rotatable bonds is 1. The molecule has 0 radical (unpaired) electrons. The second-order valence-electron chi connectivity index (χ2n) is 1.26. The van der Waals surface area contributed by atoms with Crippen molar-refractivity contribution in [1.29, 1.82) is 0 Å². The van der Waals surface area contributed by atoms with Gasteiger partial charge >= 0.3 is 5.97 Å². The van der Waals surface area contributed by atoms with Crippen molar-refractivity contribution < 1.29 is 9.90 Å². The number of hydrogen-bond acceptors (Lipinski definition) is 3. The van der Waals surface area contributed by atoms with Gasteiger partial charge in [0.05, 0.1) is 22.9 Å². The van der Waals surface area contributed by atoms with Gasteiger partial charge in [-0.25, -0.2) is 9.78 Å². The van der Waals surface area contributed by atoms with Crippen molar-refractivity contribution in [2.75, 3.05) is 0 Å². The van der Waals surface area contributed by atoms with Crippen LogP contribution in [0.5, 0.6) is 0 Å². The molecule has 0 saturated heterocycles. The standard InChI is InChI=1S/C3H2IN3O2/c4-7-1-5-2(6-7)3(8)9/h1H,(H,8,9). The van der Waals surface area contributed by atoms with Crippen LogP contribution in [-0.4, -0.2) is 24.1 Å². The predicted octanol–water partition coefficient (Wildman–Crippen LogP) is 0.174. The molecule has 0 spiro atoms. The number of aromatic nitrogens is 3. The lowest BCUT2D eigenvalue weighted by atomic mass is 10.7. The normalized spacial score (nSPS) is 9.44. The Morgan fingerprint density at radius 2 is 2.56 bits per heavy atom. The van der Waals surface area contributed by atoms with E-state index >= 15 is 0 Å². The first-order chi connectivity index (χ1) is 4.20. The summed E-state index contributed by atoms with van der Waals surface area (Å²) in [5.41, 5.74) is 0. The van der Waals surface area contributed by atoms with Gasteiger partial charge in [0.15, 0.2) is 0 Å². The van der Waals surface area contributed by atoms with Gasteiger partial charge in [-0.05, 0) is 0 Å². The fourth-order valence-corrected chi connectivity index (χ4v) is 0.671. The minimum atomic E-state index is -1.11. The summed E-state index contributed by atoms with van der Waals surface area (Å²) in [5.74, 6) is -1.28. The van der Waals surface area contributed by atoms with Gasteiger partial charge in [0.1, 0.15) is 6.33 Å². The van der Waals surface area contributed by atoms with Crippen molar-refractivity contribution in [3.05, 3.63) is 12.2 Å². The van der Waals surface area contributed by atoms with Crippen LogP contribution in [0.25, 0.3) is 0 Å². The molecule has 0 aromatic carbocycles. The Morgan fingerprint density at radius 3 is 2.78 bits per heavy atom. The van der Waals surface area contributed by atoms with Gasteiger partial charge in [-0.15, -0.1) is 5.10 Å². The van der Waals surface area contributed by atoms with E-state index in [2.05, 4.69) is 10.1 Å². The van der Waals surface area contributed by atoms with E-state index in [9.17, 15) is 4.79 Å². The number of aromatic carboxylic acids is 1. The number of halogens is 1. The Kier molecular flexibility index (Phi) is 1.65. The number of carbonyl (C=O) groups is 1. The van der Waals surface area contributed by atoms with E-state index in [0.29, 0.717) is 0 Å². The lowest BCUT2D eigenvalue weighted by molar-refractivity contribution is 0.0684. The van der Waals surface area contributed by atoms with E-state index in [0.717, 1.165) is 0 Å². The van der Waals surface area contributed by atoms with Gasteiger partial charge < -0.3 is 5.11 Å². The van der Waals surface area contributed by atoms with Gasteiger partial charge in [0.2, 0.25) is 0 Å². The molecule has 1 heterocycles. The molecular formula is C3H2IN3O2. The highest BCUT2D eigenvalue weighted by Gasteiger charge is 2.06. The van der Waals surface area contributed by atoms with Crippen molar-refractivity contribution in [1.82, 2.24) is 13.0 Å². The van der Waals surface area contributed by atoms with Crippen LogP contribution in [0, 0.1) is 0 Å². The maximum Gasteiger partial charge on any atom is 0.375 e. The Bertz CT molecular complexity index is 233. The Morgan fingerprint density at radius 1 is 1.89 bits per heavy atom. The van der Waals surface area contributed by atoms with Crippen LogP contribution in [0.4, 0.5) is 0 Å². The second kappa shape index (κ2) is 2.29. The molecule has 0 atom stereocenters. The van der Waals surface area contributed by atoms with Crippen molar-refractivity contribution in [2.45, 2.75) is 0 Å². The molecule has 0 aliphatic carbocycles. The molecule has 0 aliphatic rings. The predicted molar refractivity (Wildman–Crippen MR) is 36.4 cm³/mol. The fraction of sp³-hybridized carbons (Fsp3) is 0. The van der Waals surface area contributed by atoms with E-state index in [1.54, 1.807) is 0 Å². The first kappa shape index (κ1) is 6.46. The molecule has 0 fully saturated rings. The van der Waals surface area contributed by atoms with E-state index in [4.69, 9.17) is 5.11 Å². The summed E-state index contributed by atoms with van der Waals surface area (Å²) in [7, 11) is 0. The first-order valence-electron chi connectivity index (χ1n) is 2.01. The highest BCUT2D eigenvalue weighted by atomic mass is 127. The van der Waals surface area contributed by atoms with Crippen molar-refractivity contribution in [2.24, 2.45) is 0 Å². The molecule has 0 aliphatic heterocycles. The molecular weight excluding hydrogens is 237 g/mol. The number of carboxylic acid groups (broad SMARTS) is 1. The Hall–Kier alpha value is -0.660. The van der Waals surface area contributed by atoms with Gasteiger partial charge in [-0.3, -0.25) is 0 Å². The van der Waals surface area contributed by atoms with Crippen molar-refractivity contribution >= 4 is 28.8 Å². The topological polar surface area (TPSA) is 68.0 Å². The third kappa shape index (κ3) is 1.37. The summed E-state index contributed by atoms with van der Waals surface area (Å²) in [6.07, 6.45) is 1.32. The van der Waals surface area contributed by atoms with E-state index in [1.807, 2.05) is 22.9 Å². The first-order valence-corrected chi connectivity index (χ1v) is 2.98. The average Bonchev–Trinajstić information content (AvgIpc) is 2.14. The lowest BCUT2D eigenvalue weighted by Crippen LogP contribution is -1.98. The quantitative estimate of drug-likeness (QED) is 0.709. The molecule has 1 N–H and O–H groups in total. The maximum atomic E-state index is 10.1. The van der Waals surface area contributed by atoms with Crippen molar-refractivity contribution in [3.8, 4) is 0 Å². The SMILES string of the molecule is O=C(O)c1ncn(I)n1. The molecule has 0 unspecified atom stereocenters. The molecule has 1 aromatic heterocycles. The minimum absolute atomic E-state index is 0.176. The monoisotopic (exact) mass is 239 g/mol. The highest BCUT2D eigenvalue weighted by molar-refractivity contribution is 14.1. The molecule has 0 saturated carbocycles. The zero-order valence-electron chi connectivity index (χ0n) is 4.15. The third-order valence-electron chi connectivity index (χ3n) is 0.657. The van der Waals surface area contributed by atoms with Crippen LogP contribution in [0.2, 0.25) is 0 Å². The van der Waals surface area contributed by atoms with E-state index in [-0.39, 0.29) is 5.82 Å². The fourth-order valence-electron chi connectivity index (χ4n) is 0.342. The van der Waals surface area contributed by atoms with E-state index < -0.39 is 5.97 Å². The summed E-state index contributed by atoms with van der Waals surface area (Å²) in [6.45, 7) is 0. The van der Waals surface area contributed by atoms with Gasteiger partial charge in [0, 0.05) is 0 Å². The molecule has 0 amide bonds. The largest absolute Gasteiger partial charge is 0.475 e. The third-order valence-corrected chi connectivity index (χ3v) is 1.12. The summed E-state index contributed by atoms with van der Waals surface area (Å²) >= 11 is 1.81. The molecule has 1 rings (SSSR count). The lowest BCUT2D eigenvalue weighted by Gasteiger charge is -1.78. The Balaban J connectivity index is 2.98. The maximum absolute atomic E-state index is 10.1. The molecule has 0 bridgehead atoms. The van der Waals surface area contributed by atoms with E-state index in [1.165, 1.54) is 9.22 Å². The van der Waals surface area contributed by atoms with Gasteiger partial charge in [-0.1, -0.05) is 0 Å². The van der Waals surface area contributed by atoms with Gasteiger partial charge in [-0.2, -0.15) is 2.90 Å². The number of nitrogens with zero attached hydrogens (tertiary/aromatic N) is 3. The summed E-state index contributed by atoms with van der Waals surface area (Å²) in [5, 5.41) is 11.8. The zero-order chi connectivity index (χ0) is 6.85. The summed E-state index contributed by atoms with van der Waals surface area (Å²) in [4.78, 5) is 13.5. The number of carboxylic acids is 1. The molecule has 1 aromatic rings. The second-order valence-corrected chi connectivity index (χ2v) is 2.25. The summed E-state index contributed by atoms with van der Waals surface area (Å²) in [6, 6.07) is 0. The van der Waals surface area contributed by atoms with Crippen LogP contribution < -0.4 is 0 Å². The van der Waals surface area contributed by atoms with Crippen LogP contribution in [-0.2, 0) is 0 Å². The summed E-state index contributed by atoms with van der Waals surface area (Å²) < 4.78 is 1.31. The van der Waals surface area contributed by atoms with Crippen LogP contribution >= 0.6 is 22.9 Å². The zero-order valence-corrected chi connectivity index (χ0v) is 6.31. The Labute approximate surface area is 64.2 Å². The van der Waals surface area contributed by atoms with Gasteiger partial charge in [0.25, 0.3) is 5.82 Å². The van der Waals surface area contributed by atoms with Crippen LogP contribution in [0.3, 0.4) is 0 Å².